The number of amidine groups is 1. The first-order valence-corrected chi connectivity index (χ1v) is 9.53. The van der Waals surface area contributed by atoms with E-state index >= 15 is 0 Å². The van der Waals surface area contributed by atoms with E-state index in [1.54, 1.807) is 13.3 Å². The van der Waals surface area contributed by atoms with Gasteiger partial charge in [0, 0.05) is 12.5 Å². The molecule has 11 heteroatoms. The number of rotatable bonds is 5. The number of hydrogen-bond donors (Lipinski definition) is 3. The molecule has 0 amide bonds. The Morgan fingerprint density at radius 1 is 1.54 bits per heavy atom. The Labute approximate surface area is 138 Å². The number of hydrogen-bond acceptors (Lipinski definition) is 7. The third kappa shape index (κ3) is 3.11. The molecular formula is C13H21FN5O4P. The maximum atomic E-state index is 14.7. The van der Waals surface area contributed by atoms with Crippen molar-refractivity contribution in [1.82, 2.24) is 4.90 Å². The molecule has 0 radical (unpaired) electrons. The van der Waals surface area contributed by atoms with Crippen molar-refractivity contribution in [3.8, 4) is 0 Å². The molecule has 1 saturated carbocycles. The van der Waals surface area contributed by atoms with Crippen LogP contribution >= 0.6 is 7.60 Å². The van der Waals surface area contributed by atoms with Crippen LogP contribution in [0.5, 0.6) is 0 Å². The van der Waals surface area contributed by atoms with Crippen molar-refractivity contribution in [1.29, 1.82) is 0 Å². The molecule has 5 atom stereocenters. The molecule has 3 aliphatic rings. The molecule has 0 aromatic heterocycles. The molecule has 1 aliphatic carbocycles. The van der Waals surface area contributed by atoms with Crippen molar-refractivity contribution in [3.05, 3.63) is 0 Å². The normalized spacial score (nSPS) is 38.5. The Morgan fingerprint density at radius 3 is 2.96 bits per heavy atom. The standard InChI is InChI=1S/C13H21FN5O4P/c1-2-13(23-7-24(20,21)22)4-8(3-9(13)14)19-6-18-10-11(15)16-5-17-12(10)19/h5-6,8-10,12H,2-4,7H2,1H3,(H2,15,16,17)(H2,20,21,22)/t8-,9?,10?,12?,13-/m0/s1. The van der Waals surface area contributed by atoms with E-state index in [9.17, 15) is 8.96 Å². The summed E-state index contributed by atoms with van der Waals surface area (Å²) in [5, 5.41) is 0. The number of aliphatic imine (C=N–C) groups is 3. The van der Waals surface area contributed by atoms with Gasteiger partial charge in [0.1, 0.15) is 36.3 Å². The van der Waals surface area contributed by atoms with Gasteiger partial charge in [-0.2, -0.15) is 0 Å². The highest BCUT2D eigenvalue weighted by atomic mass is 31.2. The summed E-state index contributed by atoms with van der Waals surface area (Å²) in [4.78, 5) is 32.4. The molecule has 2 aliphatic heterocycles. The van der Waals surface area contributed by atoms with Crippen LogP contribution in [0.15, 0.2) is 15.0 Å². The summed E-state index contributed by atoms with van der Waals surface area (Å²) in [5.41, 5.74) is 4.60. The first-order valence-electron chi connectivity index (χ1n) is 7.74. The van der Waals surface area contributed by atoms with Gasteiger partial charge in [0.2, 0.25) is 0 Å². The minimum atomic E-state index is -4.36. The zero-order chi connectivity index (χ0) is 17.5. The molecule has 4 N–H and O–H groups in total. The van der Waals surface area contributed by atoms with E-state index in [1.165, 1.54) is 6.34 Å². The van der Waals surface area contributed by atoms with Crippen LogP contribution in [0.2, 0.25) is 0 Å². The Bertz CT molecular complexity index is 638. The van der Waals surface area contributed by atoms with Gasteiger partial charge in [-0.15, -0.1) is 0 Å². The fraction of sp³-hybridized carbons (Fsp3) is 0.769. The van der Waals surface area contributed by atoms with E-state index in [0.29, 0.717) is 18.7 Å². The van der Waals surface area contributed by atoms with Crippen molar-refractivity contribution in [2.24, 2.45) is 20.7 Å². The molecular weight excluding hydrogens is 340 g/mol. The molecule has 9 nitrogen and oxygen atoms in total. The topological polar surface area (TPSA) is 133 Å². The van der Waals surface area contributed by atoms with E-state index in [-0.39, 0.29) is 24.7 Å². The summed E-state index contributed by atoms with van der Waals surface area (Å²) in [5.74, 6) is 0.364. The second-order valence-corrected chi connectivity index (χ2v) is 7.89. The van der Waals surface area contributed by atoms with Crippen molar-refractivity contribution >= 4 is 26.1 Å². The number of ether oxygens (including phenoxy) is 1. The van der Waals surface area contributed by atoms with Crippen LogP contribution in [0.4, 0.5) is 4.39 Å². The lowest BCUT2D eigenvalue weighted by atomic mass is 9.97. The van der Waals surface area contributed by atoms with Gasteiger partial charge >= 0.3 is 7.60 Å². The maximum absolute atomic E-state index is 14.7. The predicted molar refractivity (Wildman–Crippen MR) is 87.0 cm³/mol. The average Bonchev–Trinajstić information content (AvgIpc) is 3.07. The summed E-state index contributed by atoms with van der Waals surface area (Å²) in [6.45, 7) is 1.75. The first kappa shape index (κ1) is 17.5. The molecule has 0 aromatic carbocycles. The van der Waals surface area contributed by atoms with Crippen molar-refractivity contribution < 1.29 is 23.5 Å². The number of halogens is 1. The third-order valence-electron chi connectivity index (χ3n) is 4.85. The molecule has 0 aromatic rings. The van der Waals surface area contributed by atoms with Crippen molar-refractivity contribution in [3.63, 3.8) is 0 Å². The molecule has 3 rings (SSSR count). The summed E-state index contributed by atoms with van der Waals surface area (Å²) < 4.78 is 31.1. The average molecular weight is 361 g/mol. The molecule has 2 heterocycles. The minimum absolute atomic E-state index is 0.177. The quantitative estimate of drug-likeness (QED) is 0.600. The van der Waals surface area contributed by atoms with Gasteiger partial charge in [-0.3, -0.25) is 9.56 Å². The highest BCUT2D eigenvalue weighted by Crippen LogP contribution is 2.45. The molecule has 3 unspecified atom stereocenters. The molecule has 0 spiro atoms. The van der Waals surface area contributed by atoms with Crippen LogP contribution in [-0.4, -0.2) is 69.6 Å². The van der Waals surface area contributed by atoms with E-state index in [0.717, 1.165) is 0 Å². The minimum Gasteiger partial charge on any atom is -0.385 e. The lowest BCUT2D eigenvalue weighted by Gasteiger charge is -2.33. The second kappa shape index (κ2) is 6.18. The lowest BCUT2D eigenvalue weighted by molar-refractivity contribution is -0.0705. The second-order valence-electron chi connectivity index (χ2n) is 6.31. The number of fused-ring (bicyclic) bond motifs is 1. The Morgan fingerprint density at radius 2 is 2.29 bits per heavy atom. The zero-order valence-corrected chi connectivity index (χ0v) is 14.1. The highest BCUT2D eigenvalue weighted by Gasteiger charge is 2.52. The third-order valence-corrected chi connectivity index (χ3v) is 5.31. The van der Waals surface area contributed by atoms with Crippen LogP contribution in [0, 0.1) is 0 Å². The fourth-order valence-electron chi connectivity index (χ4n) is 3.52. The number of alkyl halides is 1. The van der Waals surface area contributed by atoms with Crippen LogP contribution in [0.3, 0.4) is 0 Å². The summed E-state index contributed by atoms with van der Waals surface area (Å²) in [6.07, 6.45) is 1.30. The van der Waals surface area contributed by atoms with Crippen LogP contribution < -0.4 is 5.73 Å². The number of nitrogens with zero attached hydrogens (tertiary/aromatic N) is 4. The largest absolute Gasteiger partial charge is 0.385 e. The van der Waals surface area contributed by atoms with Crippen molar-refractivity contribution in [2.75, 3.05) is 6.35 Å². The van der Waals surface area contributed by atoms with Crippen molar-refractivity contribution in [2.45, 2.75) is 56.2 Å². The Hall–Kier alpha value is -1.35. The smallest absolute Gasteiger partial charge is 0.351 e. The number of nitrogens with two attached hydrogens (primary N) is 1. The van der Waals surface area contributed by atoms with Crippen LogP contribution in [0.25, 0.3) is 0 Å². The van der Waals surface area contributed by atoms with Crippen LogP contribution in [-0.2, 0) is 9.30 Å². The zero-order valence-electron chi connectivity index (χ0n) is 13.2. The van der Waals surface area contributed by atoms with Crippen LogP contribution in [0.1, 0.15) is 26.2 Å². The van der Waals surface area contributed by atoms with Gasteiger partial charge in [-0.1, -0.05) is 6.92 Å². The van der Waals surface area contributed by atoms with Gasteiger partial charge in [0.05, 0.1) is 6.34 Å². The van der Waals surface area contributed by atoms with Gasteiger partial charge in [0.25, 0.3) is 0 Å². The molecule has 134 valence electrons. The predicted octanol–water partition coefficient (Wildman–Crippen LogP) is 0.225. The summed E-state index contributed by atoms with van der Waals surface area (Å²) in [6, 6.07) is -0.612. The highest BCUT2D eigenvalue weighted by molar-refractivity contribution is 7.51. The monoisotopic (exact) mass is 361 g/mol. The summed E-state index contributed by atoms with van der Waals surface area (Å²) >= 11 is 0. The fourth-order valence-corrected chi connectivity index (χ4v) is 3.95. The lowest BCUT2D eigenvalue weighted by Crippen LogP contribution is -2.47. The Kier molecular flexibility index (Phi) is 4.50. The van der Waals surface area contributed by atoms with Gasteiger partial charge in [0.15, 0.2) is 6.17 Å². The summed E-state index contributed by atoms with van der Waals surface area (Å²) in [7, 11) is -4.36. The van der Waals surface area contributed by atoms with E-state index in [1.807, 2.05) is 4.90 Å². The van der Waals surface area contributed by atoms with Gasteiger partial charge in [-0.25, -0.2) is 14.4 Å². The van der Waals surface area contributed by atoms with Gasteiger partial charge < -0.3 is 25.2 Å². The maximum Gasteiger partial charge on any atom is 0.351 e. The van der Waals surface area contributed by atoms with E-state index < -0.39 is 25.7 Å². The molecule has 0 saturated heterocycles. The Balaban J connectivity index is 1.73. The molecule has 1 fully saturated rings. The van der Waals surface area contributed by atoms with E-state index in [2.05, 4.69) is 15.0 Å². The van der Waals surface area contributed by atoms with Gasteiger partial charge in [-0.05, 0) is 12.8 Å². The SMILES string of the molecule is CC[C@]1(OCP(=O)(O)O)C[C@@H](N2C=NC3C(N)=NC=NC32)CC1F. The molecule has 0 bridgehead atoms. The first-order chi connectivity index (χ1) is 11.3. The molecule has 24 heavy (non-hydrogen) atoms. The van der Waals surface area contributed by atoms with E-state index in [4.69, 9.17) is 20.3 Å².